The van der Waals surface area contributed by atoms with Crippen molar-refractivity contribution < 1.29 is 9.94 Å². The zero-order valence-corrected chi connectivity index (χ0v) is 11.4. The second-order valence-corrected chi connectivity index (χ2v) is 5.22. The molecule has 1 aromatic carbocycles. The summed E-state index contributed by atoms with van der Waals surface area (Å²) in [7, 11) is 0. The van der Waals surface area contributed by atoms with E-state index in [1.165, 1.54) is 25.7 Å². The van der Waals surface area contributed by atoms with Gasteiger partial charge in [0.2, 0.25) is 0 Å². The molecular weight excluding hydrogens is 240 g/mol. The zero-order valence-electron chi connectivity index (χ0n) is 11.4. The lowest BCUT2D eigenvalue weighted by molar-refractivity contribution is 0.183. The normalized spacial score (nSPS) is 18.1. The highest BCUT2D eigenvalue weighted by Gasteiger charge is 2.16. The van der Waals surface area contributed by atoms with Gasteiger partial charge in [0.25, 0.3) is 0 Å². The van der Waals surface area contributed by atoms with Gasteiger partial charge in [-0.2, -0.15) is 0 Å². The van der Waals surface area contributed by atoms with Gasteiger partial charge in [-0.05, 0) is 44.7 Å². The Hall–Kier alpha value is -1.71. The molecule has 1 aliphatic carbocycles. The number of nitrogens with two attached hydrogens (primary N) is 1. The molecule has 1 aromatic rings. The maximum Gasteiger partial charge on any atom is 0.173 e. The molecular formula is C15H22N2O2. The fraction of sp³-hybridized carbons (Fsp3) is 0.533. The molecule has 3 N–H and O–H groups in total. The van der Waals surface area contributed by atoms with Gasteiger partial charge in [-0.1, -0.05) is 29.6 Å². The minimum Gasteiger partial charge on any atom is -0.490 e. The number of hydrogen-bond donors (Lipinski definition) is 2. The van der Waals surface area contributed by atoms with Crippen molar-refractivity contribution in [3.63, 3.8) is 0 Å². The number of benzene rings is 1. The summed E-state index contributed by atoms with van der Waals surface area (Å²) in [6.45, 7) is 1.98. The van der Waals surface area contributed by atoms with Gasteiger partial charge in [0, 0.05) is 0 Å². The molecule has 0 aromatic heterocycles. The molecule has 1 fully saturated rings. The minimum atomic E-state index is 0.104. The number of nitrogens with zero attached hydrogens (tertiary/aromatic N) is 1. The van der Waals surface area contributed by atoms with Crippen molar-refractivity contribution in [2.45, 2.75) is 51.6 Å². The second kappa shape index (κ2) is 6.45. The van der Waals surface area contributed by atoms with Crippen LogP contribution in [0.3, 0.4) is 0 Å². The Bertz CT molecular complexity index is 449. The summed E-state index contributed by atoms with van der Waals surface area (Å²) in [5, 5.41) is 11.9. The molecule has 0 saturated heterocycles. The Kier molecular flexibility index (Phi) is 4.66. The molecule has 104 valence electrons. The maximum atomic E-state index is 8.86. The first kappa shape index (κ1) is 13.7. The van der Waals surface area contributed by atoms with Gasteiger partial charge in [0.15, 0.2) is 5.84 Å². The van der Waals surface area contributed by atoms with Crippen molar-refractivity contribution in [3.05, 3.63) is 29.3 Å². The number of rotatable bonds is 3. The van der Waals surface area contributed by atoms with Crippen LogP contribution in [0.4, 0.5) is 0 Å². The SMILES string of the molecule is Cc1ccc(OC2CCCCCC2)c(/C(N)=N/O)c1. The van der Waals surface area contributed by atoms with Crippen LogP contribution in [0.5, 0.6) is 5.75 Å². The fourth-order valence-electron chi connectivity index (χ4n) is 2.54. The third kappa shape index (κ3) is 3.63. The van der Waals surface area contributed by atoms with Gasteiger partial charge in [0.1, 0.15) is 5.75 Å². The Morgan fingerprint density at radius 1 is 1.26 bits per heavy atom. The number of hydrogen-bond acceptors (Lipinski definition) is 3. The summed E-state index contributed by atoms with van der Waals surface area (Å²) in [4.78, 5) is 0. The molecule has 0 unspecified atom stereocenters. The van der Waals surface area contributed by atoms with Gasteiger partial charge in [0.05, 0.1) is 11.7 Å². The highest BCUT2D eigenvalue weighted by Crippen LogP contribution is 2.26. The van der Waals surface area contributed by atoms with Crippen molar-refractivity contribution in [2.75, 3.05) is 0 Å². The van der Waals surface area contributed by atoms with Crippen molar-refractivity contribution in [3.8, 4) is 5.75 Å². The van der Waals surface area contributed by atoms with Crippen LogP contribution in [0.25, 0.3) is 0 Å². The highest BCUT2D eigenvalue weighted by molar-refractivity contribution is 5.99. The topological polar surface area (TPSA) is 67.8 Å². The molecule has 0 aliphatic heterocycles. The zero-order chi connectivity index (χ0) is 13.7. The van der Waals surface area contributed by atoms with E-state index in [-0.39, 0.29) is 11.9 Å². The van der Waals surface area contributed by atoms with E-state index < -0.39 is 0 Å². The van der Waals surface area contributed by atoms with Crippen LogP contribution in [0, 0.1) is 6.92 Å². The Balaban J connectivity index is 2.18. The first-order chi connectivity index (χ1) is 9.20. The molecule has 1 aliphatic rings. The smallest absolute Gasteiger partial charge is 0.173 e. The fourth-order valence-corrected chi connectivity index (χ4v) is 2.54. The van der Waals surface area contributed by atoms with E-state index in [0.29, 0.717) is 11.3 Å². The van der Waals surface area contributed by atoms with Gasteiger partial charge in [-0.15, -0.1) is 0 Å². The molecule has 0 bridgehead atoms. The van der Waals surface area contributed by atoms with Crippen molar-refractivity contribution in [1.29, 1.82) is 0 Å². The first-order valence-electron chi connectivity index (χ1n) is 6.96. The minimum absolute atomic E-state index is 0.104. The lowest BCUT2D eigenvalue weighted by Gasteiger charge is -2.19. The molecule has 0 radical (unpaired) electrons. The molecule has 2 rings (SSSR count). The largest absolute Gasteiger partial charge is 0.490 e. The number of amidine groups is 1. The molecule has 1 saturated carbocycles. The van der Waals surface area contributed by atoms with Crippen molar-refractivity contribution in [1.82, 2.24) is 0 Å². The Morgan fingerprint density at radius 3 is 2.58 bits per heavy atom. The van der Waals surface area contributed by atoms with Crippen LogP contribution in [0.2, 0.25) is 0 Å². The van der Waals surface area contributed by atoms with Crippen LogP contribution >= 0.6 is 0 Å². The van der Waals surface area contributed by atoms with Crippen LogP contribution in [-0.2, 0) is 0 Å². The molecule has 19 heavy (non-hydrogen) atoms. The molecule has 4 nitrogen and oxygen atoms in total. The summed E-state index contributed by atoms with van der Waals surface area (Å²) >= 11 is 0. The Morgan fingerprint density at radius 2 is 1.95 bits per heavy atom. The third-order valence-corrected chi connectivity index (χ3v) is 3.61. The summed E-state index contributed by atoms with van der Waals surface area (Å²) in [6.07, 6.45) is 7.44. The summed E-state index contributed by atoms with van der Waals surface area (Å²) in [5.41, 5.74) is 7.46. The number of aryl methyl sites for hydroxylation is 1. The predicted octanol–water partition coefficient (Wildman–Crippen LogP) is 3.19. The van der Waals surface area contributed by atoms with Crippen LogP contribution in [0.1, 0.15) is 49.7 Å². The summed E-state index contributed by atoms with van der Waals surface area (Å²) in [6, 6.07) is 5.79. The van der Waals surface area contributed by atoms with Gasteiger partial charge in [-0.3, -0.25) is 0 Å². The molecule has 0 atom stereocenters. The van der Waals surface area contributed by atoms with Crippen LogP contribution < -0.4 is 10.5 Å². The van der Waals surface area contributed by atoms with E-state index in [4.69, 9.17) is 15.7 Å². The third-order valence-electron chi connectivity index (χ3n) is 3.61. The highest BCUT2D eigenvalue weighted by atomic mass is 16.5. The van der Waals surface area contributed by atoms with E-state index in [0.717, 1.165) is 18.4 Å². The van der Waals surface area contributed by atoms with Crippen molar-refractivity contribution >= 4 is 5.84 Å². The maximum absolute atomic E-state index is 8.86. The monoisotopic (exact) mass is 262 g/mol. The second-order valence-electron chi connectivity index (χ2n) is 5.22. The van der Waals surface area contributed by atoms with Gasteiger partial charge < -0.3 is 15.7 Å². The van der Waals surface area contributed by atoms with E-state index in [9.17, 15) is 0 Å². The van der Waals surface area contributed by atoms with Crippen molar-refractivity contribution in [2.24, 2.45) is 10.9 Å². The predicted molar refractivity (Wildman–Crippen MR) is 75.8 cm³/mol. The number of ether oxygens (including phenoxy) is 1. The average Bonchev–Trinajstić information content (AvgIpc) is 2.68. The van der Waals surface area contributed by atoms with Gasteiger partial charge >= 0.3 is 0 Å². The Labute approximate surface area is 114 Å². The lowest BCUT2D eigenvalue weighted by atomic mass is 10.1. The molecule has 0 amide bonds. The van der Waals surface area contributed by atoms with E-state index in [1.54, 1.807) is 0 Å². The van der Waals surface area contributed by atoms with E-state index in [1.807, 2.05) is 25.1 Å². The van der Waals surface area contributed by atoms with Crippen LogP contribution in [0.15, 0.2) is 23.4 Å². The van der Waals surface area contributed by atoms with E-state index in [2.05, 4.69) is 5.16 Å². The average molecular weight is 262 g/mol. The van der Waals surface area contributed by atoms with Gasteiger partial charge in [-0.25, -0.2) is 0 Å². The van der Waals surface area contributed by atoms with E-state index >= 15 is 0 Å². The molecule has 0 spiro atoms. The lowest BCUT2D eigenvalue weighted by Crippen LogP contribution is -2.20. The molecule has 4 heteroatoms. The number of oxime groups is 1. The first-order valence-corrected chi connectivity index (χ1v) is 6.96. The summed E-state index contributed by atoms with van der Waals surface area (Å²) < 4.78 is 6.07. The molecule has 0 heterocycles. The van der Waals surface area contributed by atoms with Crippen LogP contribution in [-0.4, -0.2) is 17.1 Å². The quantitative estimate of drug-likeness (QED) is 0.289. The standard InChI is InChI=1S/C15H22N2O2/c1-11-8-9-14(13(10-11)15(16)17-18)19-12-6-4-2-3-5-7-12/h8-10,12,18H,2-7H2,1H3,(H2,16,17). The summed E-state index contributed by atoms with van der Waals surface area (Å²) in [5.74, 6) is 0.820.